The molecule has 2 aromatic rings. The minimum atomic E-state index is -4.45. The summed E-state index contributed by atoms with van der Waals surface area (Å²) in [5.74, 6) is 0.0897. The van der Waals surface area contributed by atoms with Gasteiger partial charge in [-0.2, -0.15) is 13.2 Å². The van der Waals surface area contributed by atoms with Crippen molar-refractivity contribution >= 4 is 17.7 Å². The van der Waals surface area contributed by atoms with E-state index in [1.807, 2.05) is 0 Å². The largest absolute Gasteiger partial charge is 0.416 e. The van der Waals surface area contributed by atoms with Crippen molar-refractivity contribution in [2.75, 3.05) is 18.4 Å². The molecule has 1 heterocycles. The van der Waals surface area contributed by atoms with Gasteiger partial charge in [-0.25, -0.2) is 0 Å². The number of anilines is 1. The fourth-order valence-electron chi connectivity index (χ4n) is 7.97. The second-order valence-corrected chi connectivity index (χ2v) is 12.4. The first kappa shape index (κ1) is 26.6. The van der Waals surface area contributed by atoms with Crippen molar-refractivity contribution in [1.82, 2.24) is 4.90 Å². The zero-order chi connectivity index (χ0) is 27.2. The zero-order valence-electron chi connectivity index (χ0n) is 22.8. The predicted molar refractivity (Wildman–Crippen MR) is 150 cm³/mol. The van der Waals surface area contributed by atoms with E-state index in [4.69, 9.17) is 0 Å². The molecular weight excluding hydrogens is 497 g/mol. The highest BCUT2D eigenvalue weighted by atomic mass is 19.4. The summed E-state index contributed by atoms with van der Waals surface area (Å²) in [4.78, 5) is 15.2. The number of halogens is 3. The van der Waals surface area contributed by atoms with Gasteiger partial charge in [-0.15, -0.1) is 0 Å². The normalized spacial score (nSPS) is 29.6. The Bertz CT molecular complexity index is 1250. The van der Waals surface area contributed by atoms with Gasteiger partial charge < -0.3 is 10.2 Å². The first-order valence-electron chi connectivity index (χ1n) is 14.8. The van der Waals surface area contributed by atoms with Gasteiger partial charge in [0.1, 0.15) is 0 Å². The second kappa shape index (κ2) is 10.4. The lowest BCUT2D eigenvalue weighted by Crippen LogP contribution is -2.50. The van der Waals surface area contributed by atoms with Crippen molar-refractivity contribution in [3.8, 4) is 0 Å². The molecule has 0 bridgehead atoms. The van der Waals surface area contributed by atoms with Crippen LogP contribution in [-0.4, -0.2) is 29.9 Å². The third kappa shape index (κ3) is 5.05. The van der Waals surface area contributed by atoms with Gasteiger partial charge in [0.05, 0.1) is 5.56 Å². The van der Waals surface area contributed by atoms with E-state index in [1.165, 1.54) is 17.2 Å². The van der Waals surface area contributed by atoms with Crippen LogP contribution in [0.2, 0.25) is 0 Å². The Hall–Kier alpha value is -2.60. The minimum Gasteiger partial charge on any atom is -0.326 e. The molecule has 4 aliphatic rings. The SMILES string of the molecule is C[C@H]1CN(C2CCC(c3ccc(NC(=O)C4CCCCC4)cc3C(F)(F)F)C2)CCC12C=Cc1ccccc12. The average Bonchev–Trinajstić information content (AvgIpc) is 3.57. The van der Waals surface area contributed by atoms with Crippen LogP contribution >= 0.6 is 0 Å². The molecule has 6 heteroatoms. The first-order valence-corrected chi connectivity index (χ1v) is 14.8. The van der Waals surface area contributed by atoms with Crippen LogP contribution in [0.4, 0.5) is 18.9 Å². The molecule has 3 fully saturated rings. The number of likely N-dealkylation sites (tertiary alicyclic amines) is 1. The predicted octanol–water partition coefficient (Wildman–Crippen LogP) is 8.17. The molecule has 0 radical (unpaired) electrons. The number of benzene rings is 2. The summed E-state index contributed by atoms with van der Waals surface area (Å²) < 4.78 is 42.7. The Labute approximate surface area is 229 Å². The molecule has 39 heavy (non-hydrogen) atoms. The highest BCUT2D eigenvalue weighted by Gasteiger charge is 2.46. The van der Waals surface area contributed by atoms with Crippen LogP contribution < -0.4 is 5.32 Å². The Morgan fingerprint density at radius 3 is 2.59 bits per heavy atom. The molecule has 3 nitrogen and oxygen atoms in total. The number of carbonyl (C=O) groups is 1. The Morgan fingerprint density at radius 2 is 1.82 bits per heavy atom. The van der Waals surface area contributed by atoms with Crippen molar-refractivity contribution in [3.05, 3.63) is 70.8 Å². The van der Waals surface area contributed by atoms with E-state index >= 15 is 0 Å². The van der Waals surface area contributed by atoms with Gasteiger partial charge in [0.15, 0.2) is 0 Å². The van der Waals surface area contributed by atoms with Gasteiger partial charge in [-0.05, 0) is 85.7 Å². The van der Waals surface area contributed by atoms with Crippen molar-refractivity contribution in [2.45, 2.75) is 88.3 Å². The molecule has 6 rings (SSSR count). The van der Waals surface area contributed by atoms with Crippen LogP contribution in [0.15, 0.2) is 48.5 Å². The summed E-state index contributed by atoms with van der Waals surface area (Å²) >= 11 is 0. The zero-order valence-corrected chi connectivity index (χ0v) is 22.8. The lowest BCUT2D eigenvalue weighted by molar-refractivity contribution is -0.138. The quantitative estimate of drug-likeness (QED) is 0.428. The number of piperidine rings is 1. The standard InChI is InChI=1S/C33H39F3N2O/c1-22-21-38(18-17-32(22)16-15-23-7-5-6-10-29(23)32)27-13-11-25(19-27)28-14-12-26(20-30(28)33(34,35)36)37-31(39)24-8-3-2-4-9-24/h5-7,10,12,14-16,20,22,24-25,27H,2-4,8-9,11,13,17-19,21H2,1H3,(H,37,39)/t22-,25?,27?,32?/m0/s1. The molecule has 208 valence electrons. The summed E-state index contributed by atoms with van der Waals surface area (Å²) in [6.07, 6.45) is 8.46. The molecule has 1 saturated heterocycles. The summed E-state index contributed by atoms with van der Waals surface area (Å²) in [5, 5.41) is 2.79. The van der Waals surface area contributed by atoms with E-state index < -0.39 is 11.7 Å². The fourth-order valence-corrected chi connectivity index (χ4v) is 7.97. The van der Waals surface area contributed by atoms with Crippen LogP contribution in [0, 0.1) is 11.8 Å². The number of alkyl halides is 3. The summed E-state index contributed by atoms with van der Waals surface area (Å²) in [6, 6.07) is 13.4. The van der Waals surface area contributed by atoms with Crippen LogP contribution in [0.25, 0.3) is 6.08 Å². The third-order valence-corrected chi connectivity index (χ3v) is 10.2. The number of fused-ring (bicyclic) bond motifs is 2. The maximum Gasteiger partial charge on any atom is 0.416 e. The number of hydrogen-bond donors (Lipinski definition) is 1. The number of hydrogen-bond acceptors (Lipinski definition) is 2. The van der Waals surface area contributed by atoms with E-state index in [2.05, 4.69) is 53.6 Å². The molecule has 1 aliphatic heterocycles. The topological polar surface area (TPSA) is 32.3 Å². The van der Waals surface area contributed by atoms with Crippen molar-refractivity contribution in [2.24, 2.45) is 11.8 Å². The van der Waals surface area contributed by atoms with Crippen molar-refractivity contribution < 1.29 is 18.0 Å². The molecule has 1 spiro atoms. The van der Waals surface area contributed by atoms with Gasteiger partial charge in [-0.3, -0.25) is 4.79 Å². The third-order valence-electron chi connectivity index (χ3n) is 10.2. The highest BCUT2D eigenvalue weighted by molar-refractivity contribution is 5.92. The summed E-state index contributed by atoms with van der Waals surface area (Å²) in [6.45, 7) is 4.26. The molecule has 2 saturated carbocycles. The van der Waals surface area contributed by atoms with E-state index in [1.54, 1.807) is 12.1 Å². The Balaban J connectivity index is 1.14. The molecule has 3 aliphatic carbocycles. The molecule has 2 aromatic carbocycles. The maximum absolute atomic E-state index is 14.2. The monoisotopic (exact) mass is 536 g/mol. The van der Waals surface area contributed by atoms with Gasteiger partial charge in [0, 0.05) is 29.6 Å². The van der Waals surface area contributed by atoms with E-state index in [9.17, 15) is 18.0 Å². The van der Waals surface area contributed by atoms with E-state index in [-0.39, 0.29) is 28.8 Å². The molecule has 3 unspecified atom stereocenters. The lowest BCUT2D eigenvalue weighted by Gasteiger charge is -2.46. The van der Waals surface area contributed by atoms with Crippen LogP contribution in [0.3, 0.4) is 0 Å². The number of amides is 1. The second-order valence-electron chi connectivity index (χ2n) is 12.4. The number of rotatable bonds is 4. The number of allylic oxidation sites excluding steroid dienone is 1. The Kier molecular flexibility index (Phi) is 7.11. The average molecular weight is 537 g/mol. The molecule has 0 aromatic heterocycles. The minimum absolute atomic E-state index is 0.0758. The van der Waals surface area contributed by atoms with Gasteiger partial charge in [0.25, 0.3) is 0 Å². The van der Waals surface area contributed by atoms with E-state index in [0.29, 0.717) is 17.5 Å². The Morgan fingerprint density at radius 1 is 1.03 bits per heavy atom. The fraction of sp³-hybridized carbons (Fsp3) is 0.545. The van der Waals surface area contributed by atoms with Crippen LogP contribution in [-0.2, 0) is 16.4 Å². The molecular formula is C33H39F3N2O. The molecule has 4 atom stereocenters. The van der Waals surface area contributed by atoms with Gasteiger partial charge >= 0.3 is 6.18 Å². The maximum atomic E-state index is 14.2. The van der Waals surface area contributed by atoms with Crippen LogP contribution in [0.5, 0.6) is 0 Å². The van der Waals surface area contributed by atoms with Gasteiger partial charge in [-0.1, -0.05) is 68.7 Å². The first-order chi connectivity index (χ1) is 18.7. The smallest absolute Gasteiger partial charge is 0.326 e. The number of nitrogens with zero attached hydrogens (tertiary/aromatic N) is 1. The number of carbonyl (C=O) groups excluding carboxylic acids is 1. The van der Waals surface area contributed by atoms with Crippen molar-refractivity contribution in [3.63, 3.8) is 0 Å². The summed E-state index contributed by atoms with van der Waals surface area (Å²) in [7, 11) is 0. The molecule has 1 N–H and O–H groups in total. The summed E-state index contributed by atoms with van der Waals surface area (Å²) in [5.41, 5.74) is 2.87. The van der Waals surface area contributed by atoms with Gasteiger partial charge in [0.2, 0.25) is 5.91 Å². The van der Waals surface area contributed by atoms with E-state index in [0.717, 1.165) is 70.9 Å². The number of nitrogens with one attached hydrogen (secondary N) is 1. The van der Waals surface area contributed by atoms with Crippen LogP contribution in [0.1, 0.15) is 92.9 Å². The molecule has 1 amide bonds. The highest BCUT2D eigenvalue weighted by Crippen LogP contribution is 2.49. The van der Waals surface area contributed by atoms with Crippen molar-refractivity contribution in [1.29, 1.82) is 0 Å². The lowest BCUT2D eigenvalue weighted by atomic mass is 9.68.